The fourth-order valence-electron chi connectivity index (χ4n) is 2.22. The fourth-order valence-corrected chi connectivity index (χ4v) is 3.73. The van der Waals surface area contributed by atoms with Gasteiger partial charge in [-0.3, -0.25) is 5.43 Å². The van der Waals surface area contributed by atoms with Crippen molar-refractivity contribution in [1.82, 2.24) is 9.97 Å². The molecular formula is C17H19N7OS2. The number of azo groups is 1. The van der Waals surface area contributed by atoms with Crippen molar-refractivity contribution >= 4 is 49.3 Å². The van der Waals surface area contributed by atoms with Gasteiger partial charge in [-0.25, -0.2) is 9.97 Å². The first-order valence-corrected chi connectivity index (χ1v) is 9.66. The monoisotopic (exact) mass is 401 g/mol. The van der Waals surface area contributed by atoms with E-state index in [1.807, 2.05) is 45.0 Å². The van der Waals surface area contributed by atoms with Gasteiger partial charge in [0.25, 0.3) is 0 Å². The lowest BCUT2D eigenvalue weighted by Gasteiger charge is -1.98. The Morgan fingerprint density at radius 3 is 2.44 bits per heavy atom. The SMILES string of the molecule is COc1ccc(N=Nc2sc(N/N=C(/C)c3sc(N)nc3C)nc2C)cc1. The number of hydrogen-bond acceptors (Lipinski definition) is 10. The van der Waals surface area contributed by atoms with Crippen molar-refractivity contribution in [3.05, 3.63) is 40.5 Å². The molecule has 1 aromatic carbocycles. The van der Waals surface area contributed by atoms with Crippen LogP contribution in [0.5, 0.6) is 5.75 Å². The third-order valence-electron chi connectivity index (χ3n) is 3.56. The summed E-state index contributed by atoms with van der Waals surface area (Å²) in [5.41, 5.74) is 11.9. The largest absolute Gasteiger partial charge is 0.497 e. The molecule has 0 bridgehead atoms. The molecule has 2 heterocycles. The second-order valence-corrected chi connectivity index (χ2v) is 7.59. The maximum absolute atomic E-state index is 5.74. The average Bonchev–Trinajstić information content (AvgIpc) is 3.19. The molecule has 140 valence electrons. The van der Waals surface area contributed by atoms with E-state index in [1.54, 1.807) is 7.11 Å². The number of nitrogen functional groups attached to an aromatic ring is 1. The molecule has 0 atom stereocenters. The molecule has 3 aromatic rings. The number of nitrogens with zero attached hydrogens (tertiary/aromatic N) is 5. The summed E-state index contributed by atoms with van der Waals surface area (Å²) in [6.45, 7) is 5.69. The Morgan fingerprint density at radius 1 is 1.07 bits per heavy atom. The van der Waals surface area contributed by atoms with Gasteiger partial charge >= 0.3 is 0 Å². The lowest BCUT2D eigenvalue weighted by Crippen LogP contribution is -1.99. The van der Waals surface area contributed by atoms with Gasteiger partial charge in [0.2, 0.25) is 5.13 Å². The van der Waals surface area contributed by atoms with Crippen LogP contribution in [-0.4, -0.2) is 22.8 Å². The Hall–Kier alpha value is -2.85. The highest BCUT2D eigenvalue weighted by molar-refractivity contribution is 7.19. The predicted molar refractivity (Wildman–Crippen MR) is 111 cm³/mol. The molecule has 27 heavy (non-hydrogen) atoms. The minimum atomic E-state index is 0.531. The number of nitrogens with two attached hydrogens (primary N) is 1. The van der Waals surface area contributed by atoms with Gasteiger partial charge in [-0.1, -0.05) is 22.7 Å². The predicted octanol–water partition coefficient (Wildman–Crippen LogP) is 5.06. The molecule has 0 radical (unpaired) electrons. The Bertz CT molecular complexity index is 989. The molecule has 0 aliphatic rings. The van der Waals surface area contributed by atoms with Crippen LogP contribution in [0.15, 0.2) is 39.6 Å². The molecule has 0 aliphatic heterocycles. The van der Waals surface area contributed by atoms with Gasteiger partial charge in [0.1, 0.15) is 5.75 Å². The third kappa shape index (κ3) is 4.66. The number of methoxy groups -OCH3 is 1. The van der Waals surface area contributed by atoms with Gasteiger partial charge in [0, 0.05) is 0 Å². The number of aromatic nitrogens is 2. The molecule has 0 amide bonds. The normalized spacial score (nSPS) is 11.9. The molecule has 0 fully saturated rings. The van der Waals surface area contributed by atoms with Gasteiger partial charge < -0.3 is 10.5 Å². The highest BCUT2D eigenvalue weighted by atomic mass is 32.1. The number of nitrogens with one attached hydrogen (secondary N) is 1. The number of thiazole rings is 2. The van der Waals surface area contributed by atoms with Crippen molar-refractivity contribution in [2.24, 2.45) is 15.3 Å². The lowest BCUT2D eigenvalue weighted by molar-refractivity contribution is 0.415. The molecule has 2 aromatic heterocycles. The van der Waals surface area contributed by atoms with Gasteiger partial charge in [0.05, 0.1) is 34.8 Å². The smallest absolute Gasteiger partial charge is 0.205 e. The van der Waals surface area contributed by atoms with E-state index in [2.05, 4.69) is 30.7 Å². The summed E-state index contributed by atoms with van der Waals surface area (Å²) in [7, 11) is 1.63. The maximum atomic E-state index is 5.74. The summed E-state index contributed by atoms with van der Waals surface area (Å²) >= 11 is 2.79. The van der Waals surface area contributed by atoms with Crippen LogP contribution < -0.4 is 15.9 Å². The molecule has 8 nitrogen and oxygen atoms in total. The maximum Gasteiger partial charge on any atom is 0.205 e. The summed E-state index contributed by atoms with van der Waals surface area (Å²) in [5.74, 6) is 0.778. The first kappa shape index (κ1) is 18.9. The van der Waals surface area contributed by atoms with Crippen LogP contribution >= 0.6 is 22.7 Å². The highest BCUT2D eigenvalue weighted by Crippen LogP contribution is 2.32. The van der Waals surface area contributed by atoms with E-state index < -0.39 is 0 Å². The molecular weight excluding hydrogens is 382 g/mol. The summed E-state index contributed by atoms with van der Waals surface area (Å²) < 4.78 is 5.13. The average molecular weight is 402 g/mol. The molecule has 3 N–H and O–H groups in total. The second kappa shape index (κ2) is 8.23. The van der Waals surface area contributed by atoms with E-state index in [4.69, 9.17) is 10.5 Å². The summed E-state index contributed by atoms with van der Waals surface area (Å²) in [5, 5.41) is 14.8. The third-order valence-corrected chi connectivity index (χ3v) is 5.60. The van der Waals surface area contributed by atoms with Crippen molar-refractivity contribution in [3.63, 3.8) is 0 Å². The molecule has 0 saturated carbocycles. The molecule has 0 saturated heterocycles. The van der Waals surface area contributed by atoms with Crippen LogP contribution in [0, 0.1) is 13.8 Å². The number of ether oxygens (including phenoxy) is 1. The van der Waals surface area contributed by atoms with Gasteiger partial charge in [0.15, 0.2) is 10.1 Å². The number of hydrogen-bond donors (Lipinski definition) is 2. The molecule has 3 rings (SSSR count). The molecule has 10 heteroatoms. The van der Waals surface area contributed by atoms with Crippen LogP contribution in [0.25, 0.3) is 0 Å². The first-order valence-electron chi connectivity index (χ1n) is 8.03. The Morgan fingerprint density at radius 2 is 1.81 bits per heavy atom. The minimum Gasteiger partial charge on any atom is -0.497 e. The Labute approximate surface area is 164 Å². The number of benzene rings is 1. The van der Waals surface area contributed by atoms with Gasteiger partial charge in [-0.15, -0.1) is 10.2 Å². The van der Waals surface area contributed by atoms with E-state index in [1.165, 1.54) is 22.7 Å². The van der Waals surface area contributed by atoms with Crippen LogP contribution in [0.2, 0.25) is 0 Å². The molecule has 0 unspecified atom stereocenters. The van der Waals surface area contributed by atoms with Crippen molar-refractivity contribution in [2.45, 2.75) is 20.8 Å². The number of anilines is 2. The van der Waals surface area contributed by atoms with E-state index in [0.29, 0.717) is 10.3 Å². The summed E-state index contributed by atoms with van der Waals surface area (Å²) in [6, 6.07) is 7.36. The number of aryl methyl sites for hydroxylation is 2. The Balaban J connectivity index is 1.71. The number of hydrazone groups is 1. The Kier molecular flexibility index (Phi) is 5.77. The van der Waals surface area contributed by atoms with E-state index >= 15 is 0 Å². The second-order valence-electron chi connectivity index (χ2n) is 5.58. The van der Waals surface area contributed by atoms with Gasteiger partial charge in [-0.2, -0.15) is 5.10 Å². The zero-order valence-corrected chi connectivity index (χ0v) is 17.0. The van der Waals surface area contributed by atoms with Crippen molar-refractivity contribution in [2.75, 3.05) is 18.3 Å². The summed E-state index contributed by atoms with van der Waals surface area (Å²) in [6.07, 6.45) is 0. The summed E-state index contributed by atoms with van der Waals surface area (Å²) in [4.78, 5) is 9.59. The van der Waals surface area contributed by atoms with Crippen molar-refractivity contribution in [1.29, 1.82) is 0 Å². The highest BCUT2D eigenvalue weighted by Gasteiger charge is 2.10. The van der Waals surface area contributed by atoms with Crippen molar-refractivity contribution < 1.29 is 4.74 Å². The van der Waals surface area contributed by atoms with Gasteiger partial charge in [-0.05, 0) is 45.0 Å². The topological polar surface area (TPSA) is 110 Å². The fraction of sp³-hybridized carbons (Fsp3) is 0.235. The van der Waals surface area contributed by atoms with Crippen LogP contribution in [0.4, 0.5) is 21.0 Å². The van der Waals surface area contributed by atoms with Crippen LogP contribution in [0.1, 0.15) is 23.2 Å². The quantitative estimate of drug-likeness (QED) is 0.341. The standard InChI is InChI=1S/C17H19N7OS2/c1-9-14(26-16(18)19-9)10(2)21-24-17-20-11(3)15(27-17)23-22-12-5-7-13(25-4)8-6-12/h5-8H,1-4H3,(H2,18,19)(H,20,24)/b21-10-,23-22?. The van der Waals surface area contributed by atoms with Crippen LogP contribution in [-0.2, 0) is 0 Å². The minimum absolute atomic E-state index is 0.531. The van der Waals surface area contributed by atoms with Crippen molar-refractivity contribution in [3.8, 4) is 5.75 Å². The van der Waals surface area contributed by atoms with Crippen LogP contribution in [0.3, 0.4) is 0 Å². The molecule has 0 spiro atoms. The lowest BCUT2D eigenvalue weighted by atomic mass is 10.3. The molecule has 0 aliphatic carbocycles. The van der Waals surface area contributed by atoms with E-state index in [-0.39, 0.29) is 0 Å². The zero-order valence-electron chi connectivity index (χ0n) is 15.3. The van der Waals surface area contributed by atoms with E-state index in [9.17, 15) is 0 Å². The zero-order chi connectivity index (χ0) is 19.4. The first-order chi connectivity index (χ1) is 13.0. The van der Waals surface area contributed by atoms with E-state index in [0.717, 1.165) is 38.4 Å². The number of rotatable bonds is 6.